The van der Waals surface area contributed by atoms with Gasteiger partial charge in [-0.05, 0) is 331 Å². The molecule has 0 bridgehead atoms. The second-order valence-corrected chi connectivity index (χ2v) is 34.2. The molecule has 5 aromatic carbocycles. The molecule has 5 aromatic rings. The van der Waals surface area contributed by atoms with Gasteiger partial charge in [-0.2, -0.15) is 0 Å². The van der Waals surface area contributed by atoms with Crippen LogP contribution in [-0.2, 0) is 51.4 Å². The van der Waals surface area contributed by atoms with Crippen LogP contribution in [0, 0.1) is 105 Å². The van der Waals surface area contributed by atoms with Crippen molar-refractivity contribution in [3.05, 3.63) is 172 Å². The summed E-state index contributed by atoms with van der Waals surface area (Å²) >= 11 is 0. The van der Waals surface area contributed by atoms with E-state index in [0.29, 0.717) is 0 Å². The smallest absolute Gasteiger partial charge is 0.0159 e. The molecule has 9 rings (SSSR count). The Labute approximate surface area is 598 Å². The van der Waals surface area contributed by atoms with Crippen molar-refractivity contribution in [1.82, 2.24) is 0 Å². The van der Waals surface area contributed by atoms with E-state index in [1.807, 2.05) is 0 Å². The summed E-state index contributed by atoms with van der Waals surface area (Å²) in [5.74, 6) is 6.69. The van der Waals surface area contributed by atoms with Gasteiger partial charge in [0.05, 0.1) is 0 Å². The average molecular weight is 1310 g/mol. The van der Waals surface area contributed by atoms with Gasteiger partial charge in [0.1, 0.15) is 0 Å². The number of hydrogen-bond acceptors (Lipinski definition) is 0. The second-order valence-electron chi connectivity index (χ2n) is 34.2. The zero-order chi connectivity index (χ0) is 70.1. The van der Waals surface area contributed by atoms with Crippen LogP contribution in [0.25, 0.3) is 0 Å². The van der Waals surface area contributed by atoms with E-state index in [4.69, 9.17) is 0 Å². The van der Waals surface area contributed by atoms with Gasteiger partial charge in [-0.3, -0.25) is 0 Å². The van der Waals surface area contributed by atoms with Gasteiger partial charge < -0.3 is 0 Å². The van der Waals surface area contributed by atoms with Crippen molar-refractivity contribution in [3.63, 3.8) is 0 Å². The molecule has 4 saturated carbocycles. The van der Waals surface area contributed by atoms with Crippen LogP contribution in [-0.4, -0.2) is 0 Å². The molecule has 0 radical (unpaired) electrons. The second kappa shape index (κ2) is 45.1. The molecule has 0 N–H and O–H groups in total. The molecule has 0 heteroatoms. The van der Waals surface area contributed by atoms with Crippen molar-refractivity contribution in [2.45, 2.75) is 394 Å². The van der Waals surface area contributed by atoms with Gasteiger partial charge in [0.2, 0.25) is 0 Å². The fourth-order valence-corrected chi connectivity index (χ4v) is 16.9. The molecule has 4 aliphatic carbocycles. The molecule has 0 spiro atoms. The van der Waals surface area contributed by atoms with Crippen LogP contribution in [0.1, 0.15) is 385 Å². The molecule has 4 aliphatic rings. The van der Waals surface area contributed by atoms with Crippen molar-refractivity contribution >= 4 is 0 Å². The van der Waals surface area contributed by atoms with Gasteiger partial charge in [0.25, 0.3) is 0 Å². The minimum atomic E-state index is 0.744. The van der Waals surface area contributed by atoms with Gasteiger partial charge >= 0.3 is 0 Å². The number of benzene rings is 5. The normalized spacial score (nSPS) is 15.8. The molecule has 0 atom stereocenters. The van der Waals surface area contributed by atoms with Crippen LogP contribution in [0.3, 0.4) is 0 Å². The van der Waals surface area contributed by atoms with Crippen LogP contribution in [0.5, 0.6) is 0 Å². The maximum Gasteiger partial charge on any atom is -0.0159 e. The fraction of sp³-hybridized carbons (Fsp3) is 0.688. The third-order valence-corrected chi connectivity index (χ3v) is 23.2. The molecule has 0 nitrogen and oxygen atoms in total. The third-order valence-electron chi connectivity index (χ3n) is 23.2. The topological polar surface area (TPSA) is 0 Å². The van der Waals surface area contributed by atoms with Crippen LogP contribution < -0.4 is 0 Å². The van der Waals surface area contributed by atoms with E-state index in [1.54, 1.807) is 66.8 Å². The van der Waals surface area contributed by atoms with E-state index in [-0.39, 0.29) is 0 Å². The Kier molecular flexibility index (Phi) is 38.9. The van der Waals surface area contributed by atoms with Crippen LogP contribution in [0.15, 0.2) is 60.7 Å². The lowest BCUT2D eigenvalue weighted by Crippen LogP contribution is -2.12. The first-order valence-corrected chi connectivity index (χ1v) is 41.4. The van der Waals surface area contributed by atoms with E-state index in [0.717, 1.165) is 47.3 Å². The summed E-state index contributed by atoms with van der Waals surface area (Å²) < 4.78 is 0. The van der Waals surface area contributed by atoms with Crippen molar-refractivity contribution in [2.24, 2.45) is 35.5 Å². The Hall–Kier alpha value is -3.90. The first-order valence-electron chi connectivity index (χ1n) is 41.4. The highest BCUT2D eigenvalue weighted by atomic mass is 14.3. The van der Waals surface area contributed by atoms with Crippen molar-refractivity contribution in [1.29, 1.82) is 0 Å². The summed E-state index contributed by atoms with van der Waals surface area (Å²) in [4.78, 5) is 0. The fourth-order valence-electron chi connectivity index (χ4n) is 16.9. The summed E-state index contributed by atoms with van der Waals surface area (Å²) in [6, 6.07) is 24.7. The SMILES string of the molecule is CCCCCCc1cc(C)c(CCCCCC)cc1C.Cc1cc(C2CCCCC2)c(C)cc1C1CCCCC1.Cc1cc(CC(C)C)c(C)cc1CC(C)C.Cc1cc(CC2CCCCC2)c(C)cc1CC1CCCCC1.Cc1cc(CCC(C)C)c(C)cc1CCC(C)C. The van der Waals surface area contributed by atoms with E-state index >= 15 is 0 Å². The standard InChI is InChI=1S/C22H34.C20H30.C20H34.C18H30.C16H26/c1-17-13-22(16-20-11-7-4-8-12-20)18(2)14-21(17)15-19-9-5-3-6-10-19;1-15-13-20(18-11-7-4-8-12-18)16(2)14-19(15)17-9-5-3-6-10-17;1-5-7-9-11-13-19-15-18(4)20(16-17(19)3)14-12-10-8-6-2;1-13(2)7-9-17-11-16(6)18(12-15(17)5)10-8-14(3)4;1-11(2)7-15-9-14(6)16(8-12(3)4)10-13(15)5/h13-14,19-20H,3-12,15-16H2,1-2H3;13-14,17-18H,3-12H2,1-2H3;15-16H,5-14H2,1-4H3;11-14H,7-10H2,1-6H3;9-12H,7-8H2,1-6H3. The summed E-state index contributed by atoms with van der Waals surface area (Å²) in [5, 5.41) is 0. The summed E-state index contributed by atoms with van der Waals surface area (Å²) in [7, 11) is 0. The maximum absolute atomic E-state index is 2.55. The van der Waals surface area contributed by atoms with E-state index in [2.05, 4.69) is 199 Å². The predicted octanol–water partition coefficient (Wildman–Crippen LogP) is 29.7. The Morgan fingerprint density at radius 1 is 0.260 bits per heavy atom. The highest BCUT2D eigenvalue weighted by Crippen LogP contribution is 2.40. The lowest BCUT2D eigenvalue weighted by atomic mass is 9.77. The monoisotopic (exact) mass is 1310 g/mol. The number of aryl methyl sites for hydroxylation is 14. The molecular formula is C96H154. The van der Waals surface area contributed by atoms with Crippen molar-refractivity contribution in [3.8, 4) is 0 Å². The van der Waals surface area contributed by atoms with Crippen molar-refractivity contribution < 1.29 is 0 Å². The molecular weight excluding hydrogens is 1150 g/mol. The maximum atomic E-state index is 2.55. The predicted molar refractivity (Wildman–Crippen MR) is 431 cm³/mol. The molecule has 0 aliphatic heterocycles. The number of hydrogen-bond donors (Lipinski definition) is 0. The largest absolute Gasteiger partial charge is 0.0654 e. The summed E-state index contributed by atoms with van der Waals surface area (Å²) in [6.07, 6.45) is 52.5. The Morgan fingerprint density at radius 2 is 0.521 bits per heavy atom. The van der Waals surface area contributed by atoms with E-state index in [1.165, 1.54) is 288 Å². The minimum Gasteiger partial charge on any atom is -0.0654 e. The van der Waals surface area contributed by atoms with Gasteiger partial charge in [-0.1, -0.05) is 271 Å². The van der Waals surface area contributed by atoms with Gasteiger partial charge in [0, 0.05) is 0 Å². The van der Waals surface area contributed by atoms with Gasteiger partial charge in [0.15, 0.2) is 0 Å². The first kappa shape index (κ1) is 82.8. The minimum absolute atomic E-state index is 0.744. The van der Waals surface area contributed by atoms with Crippen LogP contribution in [0.2, 0.25) is 0 Å². The Balaban J connectivity index is 0.000000218. The molecule has 0 aromatic heterocycles. The summed E-state index contributed by atoms with van der Waals surface area (Å²) in [5.41, 5.74) is 31.1. The molecule has 0 heterocycles. The molecule has 0 amide bonds. The van der Waals surface area contributed by atoms with Gasteiger partial charge in [-0.25, -0.2) is 0 Å². The first-order chi connectivity index (χ1) is 46.0. The lowest BCUT2D eigenvalue weighted by molar-refractivity contribution is 0.354. The molecule has 4 fully saturated rings. The molecule has 0 saturated heterocycles. The Morgan fingerprint density at radius 3 is 0.812 bits per heavy atom. The lowest BCUT2D eigenvalue weighted by Gasteiger charge is -2.28. The average Bonchev–Trinajstić information content (AvgIpc) is 0.828. The zero-order valence-corrected chi connectivity index (χ0v) is 67.3. The highest BCUT2D eigenvalue weighted by molar-refractivity contribution is 5.43. The zero-order valence-electron chi connectivity index (χ0n) is 67.3. The van der Waals surface area contributed by atoms with E-state index in [9.17, 15) is 0 Å². The van der Waals surface area contributed by atoms with E-state index < -0.39 is 0 Å². The van der Waals surface area contributed by atoms with Crippen molar-refractivity contribution in [2.75, 3.05) is 0 Å². The van der Waals surface area contributed by atoms with Gasteiger partial charge in [-0.15, -0.1) is 0 Å². The molecule has 0 unspecified atom stereocenters. The molecule has 96 heavy (non-hydrogen) atoms. The summed E-state index contributed by atoms with van der Waals surface area (Å²) in [6.45, 7) is 46.0. The number of rotatable bonds is 26. The number of unbranched alkanes of at least 4 members (excludes halogenated alkanes) is 6. The highest BCUT2D eigenvalue weighted by Gasteiger charge is 2.23. The quantitative estimate of drug-likeness (QED) is 0.0484. The van der Waals surface area contributed by atoms with Crippen LogP contribution in [0.4, 0.5) is 0 Å². The van der Waals surface area contributed by atoms with Crippen LogP contribution >= 0.6 is 0 Å². The Bertz CT molecular complexity index is 2740. The third kappa shape index (κ3) is 30.1. The molecule has 538 valence electrons.